The number of hydrogen-bond donors (Lipinski definition) is 1. The van der Waals surface area contributed by atoms with E-state index in [1.807, 2.05) is 27.7 Å². The molecule has 2 aliphatic heterocycles. The van der Waals surface area contributed by atoms with Crippen LogP contribution in [0.4, 0.5) is 9.59 Å². The number of imide groups is 2. The van der Waals surface area contributed by atoms with Crippen molar-refractivity contribution in [2.24, 2.45) is 0 Å². The van der Waals surface area contributed by atoms with Gasteiger partial charge in [-0.3, -0.25) is 9.59 Å². The smallest absolute Gasteiger partial charge is 0.417 e. The predicted molar refractivity (Wildman–Crippen MR) is 115 cm³/mol. The van der Waals surface area contributed by atoms with Gasteiger partial charge in [0.05, 0.1) is 13.5 Å². The molecule has 0 radical (unpaired) electrons. The van der Waals surface area contributed by atoms with E-state index in [2.05, 4.69) is 4.74 Å². The maximum atomic E-state index is 12.8. The molecule has 2 heterocycles. The van der Waals surface area contributed by atoms with Crippen LogP contribution in [0.2, 0.25) is 0 Å². The maximum Gasteiger partial charge on any atom is 0.417 e. The molecule has 2 fully saturated rings. The Kier molecular flexibility index (Phi) is 7.93. The number of unbranched alkanes of at least 4 members (excludes halogenated alkanes) is 3. The Morgan fingerprint density at radius 2 is 1.62 bits per heavy atom. The van der Waals surface area contributed by atoms with Crippen LogP contribution in [0.25, 0.3) is 0 Å². The second-order valence-corrected chi connectivity index (χ2v) is 10.1. The average Bonchev–Trinajstić information content (AvgIpc) is 2.65. The normalized spacial score (nSPS) is 21.9. The zero-order valence-corrected chi connectivity index (χ0v) is 20.1. The third kappa shape index (κ3) is 5.78. The topological polar surface area (TPSA) is 117 Å². The van der Waals surface area contributed by atoms with Gasteiger partial charge in [0, 0.05) is 43.9 Å². The van der Waals surface area contributed by atoms with Crippen molar-refractivity contribution in [3.8, 4) is 0 Å². The Labute approximate surface area is 189 Å². The lowest BCUT2D eigenvalue weighted by molar-refractivity contribution is -0.277. The molecule has 0 aromatic carbocycles. The van der Waals surface area contributed by atoms with Crippen LogP contribution in [-0.2, 0) is 19.1 Å². The summed E-state index contributed by atoms with van der Waals surface area (Å²) in [5.74, 6) is -0.626. The predicted octanol–water partition coefficient (Wildman–Crippen LogP) is 3.31. The van der Waals surface area contributed by atoms with Crippen LogP contribution >= 0.6 is 0 Å². The number of hydrogen-bond acceptors (Lipinski definition) is 8. The molecule has 1 N–H and O–H groups in total. The fraction of sp³-hybridized carbons (Fsp3) is 0.818. The van der Waals surface area contributed by atoms with E-state index < -0.39 is 28.9 Å². The third-order valence-electron chi connectivity index (χ3n) is 6.24. The zero-order chi connectivity index (χ0) is 24.3. The fourth-order valence-electron chi connectivity index (χ4n) is 5.15. The van der Waals surface area contributed by atoms with Gasteiger partial charge in [0.2, 0.25) is 11.8 Å². The van der Waals surface area contributed by atoms with E-state index in [1.165, 1.54) is 19.1 Å². The summed E-state index contributed by atoms with van der Waals surface area (Å²) in [7, 11) is 1.23. The van der Waals surface area contributed by atoms with Crippen LogP contribution in [0.1, 0.15) is 79.6 Å². The molecule has 10 heteroatoms. The Bertz CT molecular complexity index is 712. The number of ether oxygens (including phenoxy) is 2. The number of carbonyl (C=O) groups excluding carboxylic acids is 4. The van der Waals surface area contributed by atoms with Crippen LogP contribution in [0.15, 0.2) is 0 Å². The van der Waals surface area contributed by atoms with Crippen LogP contribution in [0, 0.1) is 0 Å². The third-order valence-corrected chi connectivity index (χ3v) is 6.24. The Hall–Kier alpha value is -2.20. The van der Waals surface area contributed by atoms with Crippen molar-refractivity contribution < 1.29 is 33.9 Å². The first-order valence-electron chi connectivity index (χ1n) is 11.1. The molecule has 2 saturated heterocycles. The van der Waals surface area contributed by atoms with Gasteiger partial charge in [-0.1, -0.05) is 12.8 Å². The molecule has 0 aromatic heterocycles. The second-order valence-electron chi connectivity index (χ2n) is 10.1. The minimum absolute atomic E-state index is 0.103. The van der Waals surface area contributed by atoms with Gasteiger partial charge in [0.25, 0.3) is 0 Å². The van der Waals surface area contributed by atoms with Crippen LogP contribution in [-0.4, -0.2) is 80.9 Å². The van der Waals surface area contributed by atoms with Crippen molar-refractivity contribution >= 4 is 24.0 Å². The summed E-state index contributed by atoms with van der Waals surface area (Å²) in [6.45, 7) is 9.32. The van der Waals surface area contributed by atoms with E-state index in [-0.39, 0.29) is 31.3 Å². The van der Waals surface area contributed by atoms with Crippen molar-refractivity contribution in [1.29, 1.82) is 0 Å². The first-order chi connectivity index (χ1) is 14.7. The van der Waals surface area contributed by atoms with Crippen molar-refractivity contribution in [2.45, 2.75) is 96.2 Å². The second kappa shape index (κ2) is 9.74. The number of carbonyl (C=O) groups is 4. The molecule has 0 unspecified atom stereocenters. The van der Waals surface area contributed by atoms with Gasteiger partial charge < -0.3 is 14.7 Å². The minimum Gasteiger partial charge on any atom is -0.452 e. The van der Waals surface area contributed by atoms with Crippen LogP contribution < -0.4 is 0 Å². The Balaban J connectivity index is 1.84. The molecule has 0 bridgehead atoms. The lowest BCUT2D eigenvalue weighted by atomic mass is 9.70. The first-order valence-corrected chi connectivity index (χ1v) is 11.1. The maximum absolute atomic E-state index is 12.8. The Morgan fingerprint density at radius 1 is 1.06 bits per heavy atom. The summed E-state index contributed by atoms with van der Waals surface area (Å²) in [6, 6.07) is 0. The molecule has 0 aliphatic carbocycles. The molecule has 32 heavy (non-hydrogen) atoms. The zero-order valence-electron chi connectivity index (χ0n) is 20.1. The Morgan fingerprint density at radius 3 is 2.12 bits per heavy atom. The van der Waals surface area contributed by atoms with Gasteiger partial charge in [-0.15, -0.1) is 0 Å². The van der Waals surface area contributed by atoms with E-state index in [0.29, 0.717) is 25.7 Å². The van der Waals surface area contributed by atoms with Gasteiger partial charge in [0.1, 0.15) is 5.60 Å². The van der Waals surface area contributed by atoms with Crippen LogP contribution in [0.3, 0.4) is 0 Å². The fourth-order valence-corrected chi connectivity index (χ4v) is 5.15. The highest BCUT2D eigenvalue weighted by atomic mass is 16.6. The number of hydroxylamine groups is 2. The van der Waals surface area contributed by atoms with Crippen molar-refractivity contribution in [3.63, 3.8) is 0 Å². The summed E-state index contributed by atoms with van der Waals surface area (Å²) in [4.78, 5) is 50.8. The molecule has 182 valence electrons. The molecular formula is C22H37N3O7. The highest BCUT2D eigenvalue weighted by molar-refractivity contribution is 5.95. The van der Waals surface area contributed by atoms with E-state index in [0.717, 1.165) is 22.6 Å². The van der Waals surface area contributed by atoms with Gasteiger partial charge in [-0.05, 0) is 40.5 Å². The standard InChI is InChI=1S/C22H37N3O7/c1-16(26)23(18(28)31-6)11-9-7-8-10-12-24-17(27)13-22(32-19(24)29)14-20(2,3)25(30)21(4,5)15-22/h30H,7-15H2,1-6H3. The van der Waals surface area contributed by atoms with Gasteiger partial charge in [0.15, 0.2) is 0 Å². The minimum atomic E-state index is -0.916. The number of nitrogens with zero attached hydrogens (tertiary/aromatic N) is 3. The summed E-state index contributed by atoms with van der Waals surface area (Å²) in [5, 5.41) is 11.8. The quantitative estimate of drug-likeness (QED) is 0.581. The first kappa shape index (κ1) is 26.1. The molecule has 0 aromatic rings. The van der Waals surface area contributed by atoms with Gasteiger partial charge in [-0.25, -0.2) is 19.4 Å². The lowest BCUT2D eigenvalue weighted by Gasteiger charge is -2.56. The summed E-state index contributed by atoms with van der Waals surface area (Å²) in [5.41, 5.74) is -2.19. The molecule has 4 amide bonds. The van der Waals surface area contributed by atoms with Gasteiger partial charge >= 0.3 is 12.2 Å². The number of amides is 4. The summed E-state index contributed by atoms with van der Waals surface area (Å²) >= 11 is 0. The van der Waals surface area contributed by atoms with Crippen molar-refractivity contribution in [3.05, 3.63) is 0 Å². The van der Waals surface area contributed by atoms with Crippen molar-refractivity contribution in [2.75, 3.05) is 20.2 Å². The van der Waals surface area contributed by atoms with E-state index >= 15 is 0 Å². The number of piperidine rings is 1. The molecule has 0 saturated carbocycles. The molecule has 0 atom stereocenters. The number of methoxy groups -OCH3 is 1. The van der Waals surface area contributed by atoms with E-state index in [4.69, 9.17) is 4.74 Å². The largest absolute Gasteiger partial charge is 0.452 e. The summed E-state index contributed by atoms with van der Waals surface area (Å²) < 4.78 is 10.4. The highest BCUT2D eigenvalue weighted by Crippen LogP contribution is 2.47. The molecular weight excluding hydrogens is 418 g/mol. The van der Waals surface area contributed by atoms with E-state index in [9.17, 15) is 24.4 Å². The average molecular weight is 456 g/mol. The van der Waals surface area contributed by atoms with Gasteiger partial charge in [-0.2, -0.15) is 5.06 Å². The molecule has 2 rings (SSSR count). The van der Waals surface area contributed by atoms with Crippen molar-refractivity contribution in [1.82, 2.24) is 14.9 Å². The highest BCUT2D eigenvalue weighted by Gasteiger charge is 2.57. The lowest BCUT2D eigenvalue weighted by Crippen LogP contribution is -2.67. The molecule has 2 aliphatic rings. The molecule has 10 nitrogen and oxygen atoms in total. The van der Waals surface area contributed by atoms with E-state index in [1.54, 1.807) is 0 Å². The van der Waals surface area contributed by atoms with Crippen LogP contribution in [0.5, 0.6) is 0 Å². The number of rotatable bonds is 7. The monoisotopic (exact) mass is 455 g/mol. The SMILES string of the molecule is COC(=O)N(CCCCCCN1C(=O)CC2(CC(C)(C)N(O)C(C)(C)C2)OC1=O)C(C)=O. The summed E-state index contributed by atoms with van der Waals surface area (Å²) in [6.07, 6.45) is 2.22. The molecule has 1 spiro atoms.